The Morgan fingerprint density at radius 1 is 1.30 bits per heavy atom. The third-order valence-corrected chi connectivity index (χ3v) is 8.82. The first-order chi connectivity index (χ1) is 14.2. The van der Waals surface area contributed by atoms with E-state index < -0.39 is 9.89 Å². The van der Waals surface area contributed by atoms with E-state index in [1.807, 2.05) is 6.07 Å². The van der Waals surface area contributed by atoms with Crippen LogP contribution in [0.3, 0.4) is 0 Å². The van der Waals surface area contributed by atoms with E-state index in [-0.39, 0.29) is 23.5 Å². The molecule has 3 aliphatic carbocycles. The molecule has 1 aromatic carbocycles. The number of benzene rings is 1. The average molecular weight is 474 g/mol. The van der Waals surface area contributed by atoms with E-state index in [0.717, 1.165) is 45.1 Å². The summed E-state index contributed by atoms with van der Waals surface area (Å²) in [6.07, 6.45) is 5.81. The number of halogens is 3. The van der Waals surface area contributed by atoms with E-state index in [2.05, 4.69) is 11.4 Å². The molecular weight excluding hydrogens is 447 g/mol. The van der Waals surface area contributed by atoms with Crippen LogP contribution in [0, 0.1) is 11.3 Å². The molecule has 0 radical (unpaired) electrons. The van der Waals surface area contributed by atoms with Crippen LogP contribution in [0.15, 0.2) is 18.2 Å². The summed E-state index contributed by atoms with van der Waals surface area (Å²) in [5.74, 6) is 0.647. The van der Waals surface area contributed by atoms with Gasteiger partial charge in [-0.3, -0.25) is 0 Å². The summed E-state index contributed by atoms with van der Waals surface area (Å²) >= 11 is 17.3. The Labute approximate surface area is 192 Å². The summed E-state index contributed by atoms with van der Waals surface area (Å²) in [7, 11) is 1.80. The van der Waals surface area contributed by atoms with Gasteiger partial charge in [-0.15, -0.1) is 0 Å². The predicted molar refractivity (Wildman–Crippen MR) is 117 cm³/mol. The van der Waals surface area contributed by atoms with Crippen LogP contribution in [-0.2, 0) is 16.6 Å². The van der Waals surface area contributed by atoms with Gasteiger partial charge in [0.05, 0.1) is 0 Å². The van der Waals surface area contributed by atoms with Crippen molar-refractivity contribution >= 4 is 40.9 Å². The first kappa shape index (κ1) is 21.0. The van der Waals surface area contributed by atoms with Crippen LogP contribution in [-0.4, -0.2) is 52.2 Å². The fourth-order valence-electron chi connectivity index (χ4n) is 7.55. The number of hydrogen-bond donors (Lipinski definition) is 2. The lowest BCUT2D eigenvalue weighted by Gasteiger charge is -2.64. The minimum atomic E-state index is -1.62. The van der Waals surface area contributed by atoms with Crippen LogP contribution in [0.2, 0.25) is 0 Å². The number of fused-ring (bicyclic) bond motifs is 1. The standard InChI is InChI=1S/C22H27Cl3N2O3/c1-27(19(29)30-12-22(23,24)25)17-5-7-20-6-4-15(17)21(20)8-9-26-18(20)10-13-2-3-14(28)11-16(13)21/h2-3,11,15,17-18,26,28H,4-10,12H2,1H3. The molecule has 5 atom stereocenters. The number of alkyl halides is 3. The first-order valence-corrected chi connectivity index (χ1v) is 11.8. The van der Waals surface area contributed by atoms with Crippen molar-refractivity contribution in [2.75, 3.05) is 20.2 Å². The van der Waals surface area contributed by atoms with Gasteiger partial charge in [0.1, 0.15) is 12.4 Å². The van der Waals surface area contributed by atoms with Crippen molar-refractivity contribution in [3.8, 4) is 5.75 Å². The molecule has 30 heavy (non-hydrogen) atoms. The predicted octanol–water partition coefficient (Wildman–Crippen LogP) is 4.55. The van der Waals surface area contributed by atoms with E-state index in [9.17, 15) is 9.90 Å². The van der Waals surface area contributed by atoms with Crippen LogP contribution in [0.5, 0.6) is 5.75 Å². The number of aromatic hydroxyl groups is 1. The van der Waals surface area contributed by atoms with Gasteiger partial charge < -0.3 is 20.1 Å². The maximum atomic E-state index is 12.8. The van der Waals surface area contributed by atoms with Crippen molar-refractivity contribution in [3.05, 3.63) is 29.3 Å². The van der Waals surface area contributed by atoms with Crippen molar-refractivity contribution in [2.24, 2.45) is 11.3 Å². The molecule has 3 fully saturated rings. The minimum absolute atomic E-state index is 0.0259. The van der Waals surface area contributed by atoms with E-state index in [1.165, 1.54) is 11.1 Å². The van der Waals surface area contributed by atoms with Crippen molar-refractivity contribution < 1.29 is 14.6 Å². The molecule has 164 valence electrons. The maximum Gasteiger partial charge on any atom is 0.409 e. The Kier molecular flexibility index (Phi) is 4.94. The lowest BCUT2D eigenvalue weighted by Crippen LogP contribution is -2.69. The van der Waals surface area contributed by atoms with Gasteiger partial charge in [-0.2, -0.15) is 0 Å². The molecule has 5 rings (SSSR count). The van der Waals surface area contributed by atoms with Gasteiger partial charge in [-0.1, -0.05) is 40.9 Å². The van der Waals surface area contributed by atoms with E-state index in [4.69, 9.17) is 39.5 Å². The van der Waals surface area contributed by atoms with Gasteiger partial charge in [0.2, 0.25) is 3.79 Å². The summed E-state index contributed by atoms with van der Waals surface area (Å²) in [5, 5.41) is 14.1. The highest BCUT2D eigenvalue weighted by atomic mass is 35.6. The summed E-state index contributed by atoms with van der Waals surface area (Å²) in [4.78, 5) is 14.5. The highest BCUT2D eigenvalue weighted by Crippen LogP contribution is 2.71. The zero-order chi connectivity index (χ0) is 21.3. The molecule has 1 aliphatic heterocycles. The smallest absolute Gasteiger partial charge is 0.409 e. The molecule has 2 saturated carbocycles. The van der Waals surface area contributed by atoms with E-state index in [1.54, 1.807) is 18.0 Å². The van der Waals surface area contributed by atoms with Crippen LogP contribution in [0.4, 0.5) is 4.79 Å². The highest BCUT2D eigenvalue weighted by molar-refractivity contribution is 6.67. The van der Waals surface area contributed by atoms with Crippen LogP contribution >= 0.6 is 34.8 Å². The number of carbonyl (C=O) groups excluding carboxylic acids is 1. The third-order valence-electron chi connectivity index (χ3n) is 8.49. The van der Waals surface area contributed by atoms with Gasteiger partial charge in [-0.25, -0.2) is 4.79 Å². The molecule has 1 aromatic rings. The molecule has 1 amide bonds. The zero-order valence-electron chi connectivity index (χ0n) is 17.0. The second-order valence-corrected chi connectivity index (χ2v) is 12.0. The number of nitrogens with one attached hydrogen (secondary N) is 1. The Bertz CT molecular complexity index is 876. The Hall–Kier alpha value is -0.880. The van der Waals surface area contributed by atoms with Gasteiger partial charge in [-0.05, 0) is 79.7 Å². The monoisotopic (exact) mass is 472 g/mol. The maximum absolute atomic E-state index is 12.8. The first-order valence-electron chi connectivity index (χ1n) is 10.7. The van der Waals surface area contributed by atoms with Gasteiger partial charge in [0, 0.05) is 24.5 Å². The Morgan fingerprint density at radius 3 is 2.83 bits per heavy atom. The van der Waals surface area contributed by atoms with Crippen LogP contribution < -0.4 is 5.32 Å². The normalized spacial score (nSPS) is 36.6. The SMILES string of the molecule is CN(C(=O)OCC(Cl)(Cl)Cl)C1CCC23CCC1C21CCNC3Cc2ccc(O)cc21. The lowest BCUT2D eigenvalue weighted by molar-refractivity contribution is -0.0518. The number of nitrogens with zero attached hydrogens (tertiary/aromatic N) is 1. The van der Waals surface area contributed by atoms with E-state index >= 15 is 0 Å². The topological polar surface area (TPSA) is 61.8 Å². The van der Waals surface area contributed by atoms with Crippen molar-refractivity contribution in [1.82, 2.24) is 10.2 Å². The summed E-state index contributed by atoms with van der Waals surface area (Å²) in [5.41, 5.74) is 2.79. The van der Waals surface area contributed by atoms with Crippen molar-refractivity contribution in [2.45, 2.75) is 59.8 Å². The highest BCUT2D eigenvalue weighted by Gasteiger charge is 2.70. The van der Waals surface area contributed by atoms with E-state index in [0.29, 0.717) is 17.7 Å². The van der Waals surface area contributed by atoms with Crippen LogP contribution in [0.1, 0.15) is 43.2 Å². The molecule has 0 aromatic heterocycles. The number of phenolic OH excluding ortho intramolecular Hbond substituents is 1. The Morgan fingerprint density at radius 2 is 2.07 bits per heavy atom. The number of phenols is 1. The Balaban J connectivity index is 1.52. The molecule has 2 N–H and O–H groups in total. The van der Waals surface area contributed by atoms with Gasteiger partial charge in [0.15, 0.2) is 0 Å². The molecule has 4 bridgehead atoms. The summed E-state index contributed by atoms with van der Waals surface area (Å²) < 4.78 is 3.67. The lowest BCUT2D eigenvalue weighted by atomic mass is 9.44. The molecule has 5 unspecified atom stereocenters. The average Bonchev–Trinajstić information content (AvgIpc) is 2.92. The third kappa shape index (κ3) is 2.88. The molecular formula is C22H27Cl3N2O3. The molecule has 4 aliphatic rings. The second-order valence-electron chi connectivity index (χ2n) is 9.46. The molecule has 1 saturated heterocycles. The molecule has 8 heteroatoms. The number of ether oxygens (including phenoxy) is 1. The number of carbonyl (C=O) groups is 1. The fraction of sp³-hybridized carbons (Fsp3) is 0.682. The molecule has 0 spiro atoms. The minimum Gasteiger partial charge on any atom is -0.508 e. The largest absolute Gasteiger partial charge is 0.508 e. The second kappa shape index (κ2) is 7.06. The zero-order valence-corrected chi connectivity index (χ0v) is 19.2. The quantitative estimate of drug-likeness (QED) is 0.619. The summed E-state index contributed by atoms with van der Waals surface area (Å²) in [6, 6.07) is 6.40. The van der Waals surface area contributed by atoms with Gasteiger partial charge >= 0.3 is 6.09 Å². The number of rotatable bonds is 2. The van der Waals surface area contributed by atoms with Crippen molar-refractivity contribution in [3.63, 3.8) is 0 Å². The van der Waals surface area contributed by atoms with Crippen LogP contribution in [0.25, 0.3) is 0 Å². The number of hydrogen-bond acceptors (Lipinski definition) is 4. The van der Waals surface area contributed by atoms with Crippen molar-refractivity contribution in [1.29, 1.82) is 0 Å². The number of piperidine rings is 1. The molecule has 5 nitrogen and oxygen atoms in total. The van der Waals surface area contributed by atoms with Gasteiger partial charge in [0.25, 0.3) is 0 Å². The molecule has 1 heterocycles. The fourth-order valence-corrected chi connectivity index (χ4v) is 7.72. The number of amides is 1. The summed E-state index contributed by atoms with van der Waals surface area (Å²) in [6.45, 7) is 0.697.